The molecule has 2 bridgehead atoms. The maximum Gasteiger partial charge on any atom is 0.00982 e. The highest BCUT2D eigenvalue weighted by molar-refractivity contribution is 4.98. The highest BCUT2D eigenvalue weighted by Gasteiger charge is 2.45. The van der Waals surface area contributed by atoms with Crippen LogP contribution >= 0.6 is 0 Å². The number of fused-ring (bicyclic) bond motifs is 4. The molecular formula is C11H19N. The van der Waals surface area contributed by atoms with Crippen molar-refractivity contribution in [3.8, 4) is 0 Å². The van der Waals surface area contributed by atoms with Gasteiger partial charge in [-0.05, 0) is 44.1 Å². The lowest BCUT2D eigenvalue weighted by Gasteiger charge is -2.31. The van der Waals surface area contributed by atoms with Crippen LogP contribution in [-0.2, 0) is 0 Å². The van der Waals surface area contributed by atoms with Crippen molar-refractivity contribution in [1.29, 1.82) is 0 Å². The molecule has 0 aromatic heterocycles. The quantitative estimate of drug-likeness (QED) is 0.531. The van der Waals surface area contributed by atoms with Crippen LogP contribution in [0.4, 0.5) is 0 Å². The summed E-state index contributed by atoms with van der Waals surface area (Å²) in [6.07, 6.45) is 7.68. The van der Waals surface area contributed by atoms with E-state index in [0.29, 0.717) is 0 Å². The molecule has 1 saturated heterocycles. The van der Waals surface area contributed by atoms with Crippen LogP contribution in [0.25, 0.3) is 0 Å². The molecule has 0 N–H and O–H groups in total. The minimum atomic E-state index is 0.967. The minimum Gasteiger partial charge on any atom is -0.303 e. The molecule has 3 fully saturated rings. The summed E-state index contributed by atoms with van der Waals surface area (Å²) in [5.74, 6) is 3.34. The largest absolute Gasteiger partial charge is 0.303 e. The van der Waals surface area contributed by atoms with Crippen molar-refractivity contribution >= 4 is 0 Å². The third-order valence-corrected chi connectivity index (χ3v) is 4.62. The first-order chi connectivity index (χ1) is 5.84. The van der Waals surface area contributed by atoms with Crippen molar-refractivity contribution in [2.75, 3.05) is 13.6 Å². The lowest BCUT2D eigenvalue weighted by Crippen LogP contribution is -2.29. The number of nitrogens with zero attached hydrogens (tertiary/aromatic N) is 1. The zero-order chi connectivity index (χ0) is 8.13. The Morgan fingerprint density at radius 1 is 1.08 bits per heavy atom. The van der Waals surface area contributed by atoms with Crippen molar-refractivity contribution in [2.45, 2.75) is 38.1 Å². The Labute approximate surface area is 75.1 Å². The molecule has 3 rings (SSSR count). The SMILES string of the molecule is CN1CC2CC1CC1CCCC12. The normalized spacial score (nSPS) is 52.8. The van der Waals surface area contributed by atoms with Gasteiger partial charge in [-0.3, -0.25) is 0 Å². The number of hydrogen-bond acceptors (Lipinski definition) is 1. The van der Waals surface area contributed by atoms with Crippen molar-refractivity contribution < 1.29 is 0 Å². The van der Waals surface area contributed by atoms with Crippen LogP contribution in [0, 0.1) is 17.8 Å². The third-order valence-electron chi connectivity index (χ3n) is 4.62. The molecule has 0 aromatic carbocycles. The van der Waals surface area contributed by atoms with Gasteiger partial charge in [-0.15, -0.1) is 0 Å². The van der Waals surface area contributed by atoms with Gasteiger partial charge >= 0.3 is 0 Å². The lowest BCUT2D eigenvalue weighted by atomic mass is 9.75. The van der Waals surface area contributed by atoms with Gasteiger partial charge in [0.2, 0.25) is 0 Å². The molecule has 2 saturated carbocycles. The summed E-state index contributed by atoms with van der Waals surface area (Å²) in [4.78, 5) is 2.61. The smallest absolute Gasteiger partial charge is 0.00982 e. The van der Waals surface area contributed by atoms with Gasteiger partial charge in [0.1, 0.15) is 0 Å². The van der Waals surface area contributed by atoms with Gasteiger partial charge in [-0.1, -0.05) is 12.8 Å². The van der Waals surface area contributed by atoms with Crippen LogP contribution in [-0.4, -0.2) is 24.5 Å². The second-order valence-electron chi connectivity index (χ2n) is 5.18. The van der Waals surface area contributed by atoms with E-state index in [-0.39, 0.29) is 0 Å². The van der Waals surface area contributed by atoms with Gasteiger partial charge in [0.05, 0.1) is 0 Å². The third kappa shape index (κ3) is 0.891. The van der Waals surface area contributed by atoms with Gasteiger partial charge in [0.25, 0.3) is 0 Å². The average molecular weight is 165 g/mol. The first-order valence-corrected chi connectivity index (χ1v) is 5.55. The first kappa shape index (κ1) is 7.37. The minimum absolute atomic E-state index is 0.967. The molecule has 0 radical (unpaired) electrons. The Bertz CT molecular complexity index is 187. The zero-order valence-electron chi connectivity index (χ0n) is 8.00. The maximum atomic E-state index is 2.61. The molecular weight excluding hydrogens is 146 g/mol. The van der Waals surface area contributed by atoms with Gasteiger partial charge in [0, 0.05) is 12.6 Å². The van der Waals surface area contributed by atoms with Crippen LogP contribution < -0.4 is 0 Å². The van der Waals surface area contributed by atoms with E-state index < -0.39 is 0 Å². The fourth-order valence-electron chi connectivity index (χ4n) is 4.04. The predicted octanol–water partition coefficient (Wildman–Crippen LogP) is 2.13. The zero-order valence-corrected chi connectivity index (χ0v) is 8.00. The lowest BCUT2D eigenvalue weighted by molar-refractivity contribution is 0.201. The van der Waals surface area contributed by atoms with Crippen molar-refractivity contribution in [2.24, 2.45) is 17.8 Å². The van der Waals surface area contributed by atoms with Gasteiger partial charge in [0.15, 0.2) is 0 Å². The first-order valence-electron chi connectivity index (χ1n) is 5.55. The molecule has 12 heavy (non-hydrogen) atoms. The van der Waals surface area contributed by atoms with Gasteiger partial charge in [-0.2, -0.15) is 0 Å². The highest BCUT2D eigenvalue weighted by Crippen LogP contribution is 2.49. The number of rotatable bonds is 0. The molecule has 3 aliphatic rings. The van der Waals surface area contributed by atoms with E-state index in [0.717, 1.165) is 23.8 Å². The highest BCUT2D eigenvalue weighted by atomic mass is 15.2. The topological polar surface area (TPSA) is 3.24 Å². The second kappa shape index (κ2) is 2.47. The predicted molar refractivity (Wildman–Crippen MR) is 50.0 cm³/mol. The number of likely N-dealkylation sites (tertiary alicyclic amines) is 1. The molecule has 1 heteroatoms. The standard InChI is InChI=1S/C11H19N/c1-12-7-9-6-10(12)5-8-3-2-4-11(8)9/h8-11H,2-7H2,1H3. The number of hydrogen-bond donors (Lipinski definition) is 0. The molecule has 1 nitrogen and oxygen atoms in total. The Balaban J connectivity index is 1.84. The maximum absolute atomic E-state index is 2.61. The molecule has 0 amide bonds. The van der Waals surface area contributed by atoms with Crippen molar-refractivity contribution in [1.82, 2.24) is 4.90 Å². The van der Waals surface area contributed by atoms with Crippen molar-refractivity contribution in [3.63, 3.8) is 0 Å². The van der Waals surface area contributed by atoms with Crippen LogP contribution in [0.15, 0.2) is 0 Å². The van der Waals surface area contributed by atoms with E-state index in [1.165, 1.54) is 25.8 Å². The summed E-state index contributed by atoms with van der Waals surface area (Å²) >= 11 is 0. The van der Waals surface area contributed by atoms with Crippen LogP contribution in [0.2, 0.25) is 0 Å². The molecule has 4 atom stereocenters. The fraction of sp³-hybridized carbons (Fsp3) is 1.00. The van der Waals surface area contributed by atoms with E-state index in [2.05, 4.69) is 11.9 Å². The van der Waals surface area contributed by atoms with Crippen LogP contribution in [0.1, 0.15) is 32.1 Å². The Kier molecular flexibility index (Phi) is 1.52. The van der Waals surface area contributed by atoms with E-state index in [1.807, 2.05) is 0 Å². The molecule has 4 unspecified atom stereocenters. The Hall–Kier alpha value is -0.0400. The summed E-state index contributed by atoms with van der Waals surface area (Å²) < 4.78 is 0. The summed E-state index contributed by atoms with van der Waals surface area (Å²) in [6.45, 7) is 1.41. The van der Waals surface area contributed by atoms with Gasteiger partial charge in [-0.25, -0.2) is 0 Å². The fourth-order valence-corrected chi connectivity index (χ4v) is 4.04. The van der Waals surface area contributed by atoms with Crippen LogP contribution in [0.5, 0.6) is 0 Å². The Morgan fingerprint density at radius 3 is 2.83 bits per heavy atom. The molecule has 0 spiro atoms. The van der Waals surface area contributed by atoms with E-state index >= 15 is 0 Å². The summed E-state index contributed by atoms with van der Waals surface area (Å²) in [6, 6.07) is 0.967. The van der Waals surface area contributed by atoms with E-state index in [4.69, 9.17) is 0 Å². The van der Waals surface area contributed by atoms with E-state index in [9.17, 15) is 0 Å². The van der Waals surface area contributed by atoms with E-state index in [1.54, 1.807) is 12.8 Å². The van der Waals surface area contributed by atoms with Crippen molar-refractivity contribution in [3.05, 3.63) is 0 Å². The van der Waals surface area contributed by atoms with Gasteiger partial charge < -0.3 is 4.90 Å². The molecule has 1 aliphatic heterocycles. The average Bonchev–Trinajstić information content (AvgIpc) is 2.60. The van der Waals surface area contributed by atoms with Crippen LogP contribution in [0.3, 0.4) is 0 Å². The molecule has 0 aromatic rings. The summed E-state index contributed by atoms with van der Waals surface area (Å²) in [7, 11) is 2.33. The molecule has 68 valence electrons. The molecule has 1 heterocycles. The molecule has 2 aliphatic carbocycles. The summed E-state index contributed by atoms with van der Waals surface area (Å²) in [5, 5.41) is 0. The monoisotopic (exact) mass is 165 g/mol. The second-order valence-corrected chi connectivity index (χ2v) is 5.18. The summed E-state index contributed by atoms with van der Waals surface area (Å²) in [5.41, 5.74) is 0. The Morgan fingerprint density at radius 2 is 1.92 bits per heavy atom.